The summed E-state index contributed by atoms with van der Waals surface area (Å²) >= 11 is 11.7. The van der Waals surface area contributed by atoms with Crippen LogP contribution in [0.3, 0.4) is 0 Å². The third kappa shape index (κ3) is 3.86. The van der Waals surface area contributed by atoms with Gasteiger partial charge in [0.15, 0.2) is 0 Å². The number of hydrogen-bond acceptors (Lipinski definition) is 3. The number of carboxylic acids is 1. The van der Waals surface area contributed by atoms with Gasteiger partial charge in [-0.2, -0.15) is 5.26 Å². The summed E-state index contributed by atoms with van der Waals surface area (Å²) < 4.78 is 0. The molecule has 0 radical (unpaired) electrons. The Hall–Kier alpha value is -1.77. The molecule has 1 amide bonds. The van der Waals surface area contributed by atoms with Gasteiger partial charge in [0.1, 0.15) is 6.04 Å². The van der Waals surface area contributed by atoms with Crippen LogP contribution >= 0.6 is 23.2 Å². The molecule has 7 heteroatoms. The van der Waals surface area contributed by atoms with Gasteiger partial charge >= 0.3 is 5.97 Å². The zero-order valence-corrected chi connectivity index (χ0v) is 12.1. The van der Waals surface area contributed by atoms with Gasteiger partial charge in [0, 0.05) is 11.6 Å². The number of carboxylic acid groups (broad SMARTS) is 1. The molecule has 1 unspecified atom stereocenters. The van der Waals surface area contributed by atoms with Crippen molar-refractivity contribution in [1.29, 1.82) is 5.26 Å². The predicted octanol–water partition coefficient (Wildman–Crippen LogP) is 2.82. The Kier molecular flexibility index (Phi) is 5.81. The maximum Gasteiger partial charge on any atom is 0.326 e. The minimum absolute atomic E-state index is 0.0156. The summed E-state index contributed by atoms with van der Waals surface area (Å²) in [7, 11) is 0. The minimum atomic E-state index is -1.15. The number of benzene rings is 1. The fourth-order valence-electron chi connectivity index (χ4n) is 1.59. The van der Waals surface area contributed by atoms with E-state index in [-0.39, 0.29) is 23.6 Å². The second kappa shape index (κ2) is 7.13. The number of halogens is 2. The molecule has 0 fully saturated rings. The van der Waals surface area contributed by atoms with Crippen LogP contribution in [0.5, 0.6) is 0 Å². The molecule has 0 aliphatic carbocycles. The van der Waals surface area contributed by atoms with Crippen molar-refractivity contribution in [3.8, 4) is 6.07 Å². The molecule has 0 saturated heterocycles. The fourth-order valence-corrected chi connectivity index (χ4v) is 2.08. The molecule has 1 aromatic rings. The third-order valence-electron chi connectivity index (χ3n) is 2.71. The van der Waals surface area contributed by atoms with Crippen LogP contribution < -0.4 is 0 Å². The van der Waals surface area contributed by atoms with E-state index in [4.69, 9.17) is 33.6 Å². The molecule has 0 aliphatic heterocycles. The summed E-state index contributed by atoms with van der Waals surface area (Å²) in [6, 6.07) is 5.16. The van der Waals surface area contributed by atoms with E-state index in [1.165, 1.54) is 25.1 Å². The Morgan fingerprint density at radius 3 is 2.60 bits per heavy atom. The highest BCUT2D eigenvalue weighted by atomic mass is 35.5. The van der Waals surface area contributed by atoms with Gasteiger partial charge in [0.25, 0.3) is 5.91 Å². The highest BCUT2D eigenvalue weighted by Crippen LogP contribution is 2.23. The van der Waals surface area contributed by atoms with Crippen molar-refractivity contribution in [2.24, 2.45) is 0 Å². The largest absolute Gasteiger partial charge is 0.480 e. The van der Waals surface area contributed by atoms with Crippen LogP contribution in [0.25, 0.3) is 0 Å². The molecule has 0 saturated carbocycles. The lowest BCUT2D eigenvalue weighted by molar-refractivity contribution is -0.141. The lowest BCUT2D eigenvalue weighted by Crippen LogP contribution is -2.43. The summed E-state index contributed by atoms with van der Waals surface area (Å²) in [6.07, 6.45) is 0.0363. The van der Waals surface area contributed by atoms with Crippen LogP contribution in [0.15, 0.2) is 18.2 Å². The molecule has 106 valence electrons. The van der Waals surface area contributed by atoms with Gasteiger partial charge in [-0.25, -0.2) is 4.79 Å². The first-order chi connectivity index (χ1) is 9.38. The van der Waals surface area contributed by atoms with Gasteiger partial charge in [0.05, 0.1) is 23.1 Å². The Morgan fingerprint density at radius 1 is 1.45 bits per heavy atom. The topological polar surface area (TPSA) is 81.4 Å². The molecule has 0 heterocycles. The predicted molar refractivity (Wildman–Crippen MR) is 74.8 cm³/mol. The standard InChI is InChI=1S/C13H12Cl2N2O3/c1-8(13(19)20)17(6-2-5-16)12(18)10-4-3-9(14)7-11(10)15/h3-4,7-8H,2,6H2,1H3,(H,19,20). The van der Waals surface area contributed by atoms with Crippen LogP contribution in [0, 0.1) is 11.3 Å². The average molecular weight is 315 g/mol. The van der Waals surface area contributed by atoms with Crippen molar-refractivity contribution in [2.45, 2.75) is 19.4 Å². The van der Waals surface area contributed by atoms with E-state index in [0.29, 0.717) is 5.02 Å². The number of nitriles is 1. The second-order valence-electron chi connectivity index (χ2n) is 4.05. The van der Waals surface area contributed by atoms with Gasteiger partial charge < -0.3 is 10.0 Å². The number of rotatable bonds is 5. The molecule has 1 atom stereocenters. The van der Waals surface area contributed by atoms with Crippen LogP contribution in [-0.2, 0) is 4.79 Å². The smallest absolute Gasteiger partial charge is 0.326 e. The maximum absolute atomic E-state index is 12.4. The quantitative estimate of drug-likeness (QED) is 0.906. The van der Waals surface area contributed by atoms with Crippen LogP contribution in [0.2, 0.25) is 10.0 Å². The fraction of sp³-hybridized carbons (Fsp3) is 0.308. The van der Waals surface area contributed by atoms with Gasteiger partial charge in [-0.05, 0) is 25.1 Å². The molecule has 0 aliphatic rings. The first-order valence-electron chi connectivity index (χ1n) is 5.74. The molecule has 1 rings (SSSR count). The van der Waals surface area contributed by atoms with E-state index >= 15 is 0 Å². The number of nitrogens with zero attached hydrogens (tertiary/aromatic N) is 2. The maximum atomic E-state index is 12.4. The summed E-state index contributed by atoms with van der Waals surface area (Å²) in [5.74, 6) is -1.70. The minimum Gasteiger partial charge on any atom is -0.480 e. The Bertz CT molecular complexity index is 569. The molecular weight excluding hydrogens is 303 g/mol. The van der Waals surface area contributed by atoms with Crippen LogP contribution in [0.4, 0.5) is 0 Å². The number of carbonyl (C=O) groups is 2. The molecule has 5 nitrogen and oxygen atoms in total. The monoisotopic (exact) mass is 314 g/mol. The third-order valence-corrected chi connectivity index (χ3v) is 3.26. The van der Waals surface area contributed by atoms with Crippen molar-refractivity contribution in [2.75, 3.05) is 6.54 Å². The summed E-state index contributed by atoms with van der Waals surface area (Å²) in [6.45, 7) is 1.39. The highest BCUT2D eigenvalue weighted by Gasteiger charge is 2.27. The second-order valence-corrected chi connectivity index (χ2v) is 4.89. The molecular formula is C13H12Cl2N2O3. The Morgan fingerprint density at radius 2 is 2.10 bits per heavy atom. The molecule has 0 aromatic heterocycles. The van der Waals surface area contributed by atoms with E-state index in [9.17, 15) is 9.59 Å². The Labute approximate surface area is 126 Å². The van der Waals surface area contributed by atoms with Crippen molar-refractivity contribution in [1.82, 2.24) is 4.90 Å². The number of carbonyl (C=O) groups excluding carboxylic acids is 1. The van der Waals surface area contributed by atoms with E-state index in [1.807, 2.05) is 6.07 Å². The van der Waals surface area contributed by atoms with E-state index in [0.717, 1.165) is 4.90 Å². The van der Waals surface area contributed by atoms with Gasteiger partial charge in [-0.15, -0.1) is 0 Å². The highest BCUT2D eigenvalue weighted by molar-refractivity contribution is 6.36. The molecule has 20 heavy (non-hydrogen) atoms. The van der Waals surface area contributed by atoms with Crippen molar-refractivity contribution < 1.29 is 14.7 Å². The first-order valence-corrected chi connectivity index (χ1v) is 6.50. The lowest BCUT2D eigenvalue weighted by Gasteiger charge is -2.26. The number of hydrogen-bond donors (Lipinski definition) is 1. The Balaban J connectivity index is 3.09. The van der Waals surface area contributed by atoms with Gasteiger partial charge in [-0.1, -0.05) is 23.2 Å². The molecule has 1 aromatic carbocycles. The number of amides is 1. The van der Waals surface area contributed by atoms with E-state index < -0.39 is 17.9 Å². The number of aliphatic carboxylic acids is 1. The van der Waals surface area contributed by atoms with E-state index in [2.05, 4.69) is 0 Å². The van der Waals surface area contributed by atoms with Crippen LogP contribution in [0.1, 0.15) is 23.7 Å². The first kappa shape index (κ1) is 16.3. The van der Waals surface area contributed by atoms with Crippen LogP contribution in [-0.4, -0.2) is 34.5 Å². The average Bonchev–Trinajstić information content (AvgIpc) is 2.38. The summed E-state index contributed by atoms with van der Waals surface area (Å²) in [4.78, 5) is 24.5. The summed E-state index contributed by atoms with van der Waals surface area (Å²) in [5, 5.41) is 18.1. The van der Waals surface area contributed by atoms with E-state index in [1.54, 1.807) is 0 Å². The SMILES string of the molecule is CC(C(=O)O)N(CCC#N)C(=O)c1ccc(Cl)cc1Cl. The van der Waals surface area contributed by atoms with Crippen molar-refractivity contribution in [3.63, 3.8) is 0 Å². The molecule has 0 bridgehead atoms. The van der Waals surface area contributed by atoms with Crippen molar-refractivity contribution >= 4 is 35.1 Å². The molecule has 1 N–H and O–H groups in total. The van der Waals surface area contributed by atoms with Gasteiger partial charge in [0.2, 0.25) is 0 Å². The zero-order valence-electron chi connectivity index (χ0n) is 10.6. The zero-order chi connectivity index (χ0) is 15.3. The summed E-state index contributed by atoms with van der Waals surface area (Å²) in [5.41, 5.74) is 0.155. The molecule has 0 spiro atoms. The van der Waals surface area contributed by atoms with Crippen molar-refractivity contribution in [3.05, 3.63) is 33.8 Å². The lowest BCUT2D eigenvalue weighted by atomic mass is 10.1. The van der Waals surface area contributed by atoms with Gasteiger partial charge in [-0.3, -0.25) is 4.79 Å². The normalized spacial score (nSPS) is 11.5.